The minimum atomic E-state index is -4.15. The summed E-state index contributed by atoms with van der Waals surface area (Å²) >= 11 is 0. The van der Waals surface area contributed by atoms with Crippen molar-refractivity contribution in [3.05, 3.63) is 82.6 Å². The van der Waals surface area contributed by atoms with Crippen LogP contribution in [0.15, 0.2) is 64.1 Å². The maximum Gasteiger partial charge on any atom is 0.375 e. The van der Waals surface area contributed by atoms with E-state index in [1.165, 1.54) is 31.2 Å². The molecule has 11 heteroatoms. The molecule has 1 amide bonds. The lowest BCUT2D eigenvalue weighted by molar-refractivity contribution is -0.123. The molecule has 1 heterocycles. The van der Waals surface area contributed by atoms with Gasteiger partial charge in [-0.3, -0.25) is 14.4 Å². The Morgan fingerprint density at radius 2 is 1.58 bits per heavy atom. The van der Waals surface area contributed by atoms with Crippen LogP contribution in [0.3, 0.4) is 0 Å². The average molecular weight is 468 g/mol. The van der Waals surface area contributed by atoms with E-state index >= 15 is 0 Å². The van der Waals surface area contributed by atoms with Crippen LogP contribution in [0.5, 0.6) is 0 Å². The van der Waals surface area contributed by atoms with E-state index in [-0.39, 0.29) is 33.7 Å². The number of amides is 1. The summed E-state index contributed by atoms with van der Waals surface area (Å²) in [6, 6.07) is 12.9. The van der Waals surface area contributed by atoms with Crippen LogP contribution in [0.2, 0.25) is 0 Å². The number of hydrogen-bond donors (Lipinski definition) is 2. The zero-order valence-corrected chi connectivity index (χ0v) is 17.8. The molecular weight excluding hydrogens is 452 g/mol. The van der Waals surface area contributed by atoms with Crippen molar-refractivity contribution in [3.8, 4) is 0 Å². The number of carbonyl (C=O) groups excluding carboxylic acids is 4. The van der Waals surface area contributed by atoms with Gasteiger partial charge >= 0.3 is 5.97 Å². The number of furan rings is 1. The molecule has 1 aliphatic carbocycles. The van der Waals surface area contributed by atoms with Gasteiger partial charge in [-0.15, -0.1) is 0 Å². The molecule has 4 rings (SSSR count). The van der Waals surface area contributed by atoms with Crippen LogP contribution in [0.1, 0.15) is 49.3 Å². The molecule has 0 spiro atoms. The molecule has 1 atom stereocenters. The van der Waals surface area contributed by atoms with Crippen molar-refractivity contribution in [1.82, 2.24) is 0 Å². The molecule has 0 bridgehead atoms. The molecule has 0 radical (unpaired) electrons. The van der Waals surface area contributed by atoms with E-state index in [4.69, 9.17) is 14.3 Å². The number of benzene rings is 2. The third-order valence-electron chi connectivity index (χ3n) is 4.93. The third-order valence-corrected chi connectivity index (χ3v) is 5.71. The Labute approximate surface area is 187 Å². The van der Waals surface area contributed by atoms with Crippen molar-refractivity contribution in [2.45, 2.75) is 18.1 Å². The average Bonchev–Trinajstić information content (AvgIpc) is 3.28. The number of sulfonamides is 1. The zero-order valence-electron chi connectivity index (χ0n) is 17.0. The normalized spacial score (nSPS) is 13.6. The molecule has 10 nitrogen and oxygen atoms in total. The molecule has 0 saturated carbocycles. The molecular formula is C22H16N2O8S. The fourth-order valence-electron chi connectivity index (χ4n) is 3.34. The van der Waals surface area contributed by atoms with Crippen LogP contribution in [-0.2, 0) is 19.6 Å². The molecule has 168 valence electrons. The molecule has 1 aliphatic rings. The summed E-state index contributed by atoms with van der Waals surface area (Å²) in [5.74, 6) is -3.11. The fraction of sp³-hybridized carbons (Fsp3) is 0.0909. The number of esters is 1. The van der Waals surface area contributed by atoms with Gasteiger partial charge in [0.2, 0.25) is 10.9 Å². The predicted octanol–water partition coefficient (Wildman–Crippen LogP) is 1.89. The number of ether oxygens (including phenoxy) is 1. The predicted molar refractivity (Wildman–Crippen MR) is 113 cm³/mol. The fourth-order valence-corrected chi connectivity index (χ4v) is 3.80. The second-order valence-corrected chi connectivity index (χ2v) is 8.62. The number of nitrogens with two attached hydrogens (primary N) is 1. The maximum atomic E-state index is 13.0. The molecule has 0 saturated heterocycles. The summed E-state index contributed by atoms with van der Waals surface area (Å²) in [5.41, 5.74) is 0.768. The molecule has 1 unspecified atom stereocenters. The first-order valence-electron chi connectivity index (χ1n) is 9.54. The number of rotatable bonds is 5. The lowest BCUT2D eigenvalue weighted by Gasteiger charge is -2.21. The van der Waals surface area contributed by atoms with Crippen molar-refractivity contribution in [1.29, 1.82) is 0 Å². The summed E-state index contributed by atoms with van der Waals surface area (Å²) in [5, 5.41) is 6.79. The molecule has 3 aromatic rings. The second kappa shape index (κ2) is 8.11. The summed E-state index contributed by atoms with van der Waals surface area (Å²) in [6.45, 7) is 1.27. The second-order valence-electron chi connectivity index (χ2n) is 7.13. The standard InChI is InChI=1S/C22H16N2O8S/c1-11(31-22(28)16-9-10-17(32-16)33(23,29)30)21(27)24-15-8-4-7-14-18(15)20(26)13-6-3-2-5-12(13)19(14)25/h2-11H,1H3,(H,24,27)(H2,23,29,30). The van der Waals surface area contributed by atoms with Crippen molar-refractivity contribution in [3.63, 3.8) is 0 Å². The van der Waals surface area contributed by atoms with E-state index in [0.717, 1.165) is 12.1 Å². The Kier molecular flexibility index (Phi) is 5.44. The van der Waals surface area contributed by atoms with Crippen molar-refractivity contribution < 1.29 is 36.7 Å². The van der Waals surface area contributed by atoms with Gasteiger partial charge in [0.15, 0.2) is 17.7 Å². The van der Waals surface area contributed by atoms with Gasteiger partial charge in [-0.25, -0.2) is 18.4 Å². The molecule has 3 N–H and O–H groups in total. The van der Waals surface area contributed by atoms with Crippen LogP contribution in [0.25, 0.3) is 0 Å². The highest BCUT2D eigenvalue weighted by Crippen LogP contribution is 2.32. The quantitative estimate of drug-likeness (QED) is 0.419. The summed E-state index contributed by atoms with van der Waals surface area (Å²) in [7, 11) is -4.15. The zero-order chi connectivity index (χ0) is 23.9. The molecule has 1 aromatic heterocycles. The number of ketones is 2. The van der Waals surface area contributed by atoms with Gasteiger partial charge in [0, 0.05) is 16.7 Å². The van der Waals surface area contributed by atoms with E-state index in [1.54, 1.807) is 18.2 Å². The SMILES string of the molecule is CC(OC(=O)c1ccc(S(N)(=O)=O)o1)C(=O)Nc1cccc2c1C(=O)c1ccccc1C2=O. The summed E-state index contributed by atoms with van der Waals surface area (Å²) in [4.78, 5) is 50.6. The first kappa shape index (κ1) is 22.1. The first-order valence-corrected chi connectivity index (χ1v) is 11.1. The van der Waals surface area contributed by atoms with Crippen molar-refractivity contribution in [2.75, 3.05) is 5.32 Å². The van der Waals surface area contributed by atoms with Gasteiger partial charge in [-0.05, 0) is 25.1 Å². The van der Waals surface area contributed by atoms with E-state index in [0.29, 0.717) is 0 Å². The minimum Gasteiger partial charge on any atom is -0.447 e. The van der Waals surface area contributed by atoms with Crippen LogP contribution >= 0.6 is 0 Å². The Bertz CT molecular complexity index is 1440. The van der Waals surface area contributed by atoms with Gasteiger partial charge in [0.25, 0.3) is 15.9 Å². The first-order chi connectivity index (χ1) is 15.6. The highest BCUT2D eigenvalue weighted by atomic mass is 32.2. The molecule has 2 aromatic carbocycles. The highest BCUT2D eigenvalue weighted by Gasteiger charge is 2.32. The van der Waals surface area contributed by atoms with Crippen LogP contribution in [0, 0.1) is 0 Å². The number of hydrogen-bond acceptors (Lipinski definition) is 8. The lowest BCUT2D eigenvalue weighted by atomic mass is 9.83. The Morgan fingerprint density at radius 3 is 2.21 bits per heavy atom. The summed E-state index contributed by atoms with van der Waals surface area (Å²) in [6.07, 6.45) is -1.35. The van der Waals surface area contributed by atoms with Crippen LogP contribution in [0.4, 0.5) is 5.69 Å². The number of anilines is 1. The van der Waals surface area contributed by atoms with E-state index in [1.807, 2.05) is 0 Å². The Balaban J connectivity index is 1.54. The van der Waals surface area contributed by atoms with E-state index in [2.05, 4.69) is 5.32 Å². The van der Waals surface area contributed by atoms with Crippen molar-refractivity contribution >= 4 is 39.2 Å². The molecule has 33 heavy (non-hydrogen) atoms. The Morgan fingerprint density at radius 1 is 0.939 bits per heavy atom. The number of nitrogens with one attached hydrogen (secondary N) is 1. The monoisotopic (exact) mass is 468 g/mol. The maximum absolute atomic E-state index is 13.0. The van der Waals surface area contributed by atoms with Crippen LogP contribution < -0.4 is 10.5 Å². The smallest absolute Gasteiger partial charge is 0.375 e. The summed E-state index contributed by atoms with van der Waals surface area (Å²) < 4.78 is 32.4. The third kappa shape index (κ3) is 4.06. The van der Waals surface area contributed by atoms with Crippen LogP contribution in [-0.4, -0.2) is 38.0 Å². The number of fused-ring (bicyclic) bond motifs is 2. The lowest BCUT2D eigenvalue weighted by Crippen LogP contribution is -2.31. The van der Waals surface area contributed by atoms with Gasteiger partial charge in [-0.1, -0.05) is 36.4 Å². The van der Waals surface area contributed by atoms with Crippen molar-refractivity contribution in [2.24, 2.45) is 5.14 Å². The van der Waals surface area contributed by atoms with E-state index in [9.17, 15) is 27.6 Å². The molecule has 0 aliphatic heterocycles. The number of primary sulfonamides is 1. The topological polar surface area (TPSA) is 163 Å². The van der Waals surface area contributed by atoms with Gasteiger partial charge in [-0.2, -0.15) is 0 Å². The highest BCUT2D eigenvalue weighted by molar-refractivity contribution is 7.89. The minimum absolute atomic E-state index is 0.0388. The van der Waals surface area contributed by atoms with Gasteiger partial charge in [0.1, 0.15) is 0 Å². The largest absolute Gasteiger partial charge is 0.447 e. The van der Waals surface area contributed by atoms with Gasteiger partial charge in [0.05, 0.1) is 11.3 Å². The van der Waals surface area contributed by atoms with Gasteiger partial charge < -0.3 is 14.5 Å². The Hall–Kier alpha value is -4.09. The van der Waals surface area contributed by atoms with E-state index < -0.39 is 44.6 Å². The number of carbonyl (C=O) groups is 4. The molecule has 0 fully saturated rings.